The summed E-state index contributed by atoms with van der Waals surface area (Å²) in [6.45, 7) is 1.65. The number of thiophene rings is 1. The van der Waals surface area contributed by atoms with Crippen molar-refractivity contribution in [1.29, 1.82) is 0 Å². The average Bonchev–Trinajstić information content (AvgIpc) is 2.79. The zero-order chi connectivity index (χ0) is 14.9. The number of hydrogen-bond acceptors (Lipinski definition) is 5. The molecule has 0 N–H and O–H groups in total. The zero-order valence-electron chi connectivity index (χ0n) is 10.3. The number of halogens is 1. The van der Waals surface area contributed by atoms with Crippen molar-refractivity contribution in [3.8, 4) is 0 Å². The van der Waals surface area contributed by atoms with Gasteiger partial charge in [0.05, 0.1) is 16.3 Å². The Labute approximate surface area is 125 Å². The molecule has 20 heavy (non-hydrogen) atoms. The number of pyridine rings is 1. The number of nitro groups is 1. The molecule has 0 aliphatic carbocycles. The summed E-state index contributed by atoms with van der Waals surface area (Å²) in [5.74, 6) is -0.252. The summed E-state index contributed by atoms with van der Waals surface area (Å²) in [5, 5.41) is 10.8. The lowest BCUT2D eigenvalue weighted by Gasteiger charge is -2.04. The minimum atomic E-state index is -0.792. The molecule has 2 aromatic heterocycles. The first kappa shape index (κ1) is 14.6. The molecule has 0 bridgehead atoms. The molecule has 2 aromatic rings. The molecule has 2 heterocycles. The van der Waals surface area contributed by atoms with Gasteiger partial charge in [-0.05, 0) is 35.0 Å². The van der Waals surface area contributed by atoms with Gasteiger partial charge in [0, 0.05) is 21.6 Å². The van der Waals surface area contributed by atoms with Crippen LogP contribution >= 0.6 is 27.3 Å². The number of Topliss-reactive ketones (excluding diaryl/α,β-unsaturated/α-hetero) is 1. The Morgan fingerprint density at radius 1 is 1.50 bits per heavy atom. The number of aromatic nitrogens is 1. The number of aryl methyl sites for hydroxylation is 1. The van der Waals surface area contributed by atoms with Gasteiger partial charge in [0.1, 0.15) is 0 Å². The number of rotatable bonds is 4. The van der Waals surface area contributed by atoms with E-state index in [0.29, 0.717) is 9.35 Å². The van der Waals surface area contributed by atoms with Crippen LogP contribution in [0.4, 0.5) is 5.69 Å². The van der Waals surface area contributed by atoms with Gasteiger partial charge >= 0.3 is 11.2 Å². The van der Waals surface area contributed by atoms with Crippen LogP contribution in [0.2, 0.25) is 0 Å². The van der Waals surface area contributed by atoms with Gasteiger partial charge in [-0.2, -0.15) is 0 Å². The van der Waals surface area contributed by atoms with Crippen molar-refractivity contribution in [2.24, 2.45) is 0 Å². The Morgan fingerprint density at radius 3 is 2.75 bits per heavy atom. The predicted octanol–water partition coefficient (Wildman–Crippen LogP) is 2.77. The smallest absolute Gasteiger partial charge is 0.301 e. The second-order valence-corrected chi connectivity index (χ2v) is 6.27. The lowest BCUT2D eigenvalue weighted by molar-refractivity contribution is -0.386. The van der Waals surface area contributed by atoms with Crippen molar-refractivity contribution in [3.05, 3.63) is 59.1 Å². The molecule has 0 atom stereocenters. The summed E-state index contributed by atoms with van der Waals surface area (Å²) < 4.78 is 1.42. The molecule has 104 valence electrons. The molecule has 0 fully saturated rings. The molecule has 0 spiro atoms. The Hall–Kier alpha value is -1.80. The van der Waals surface area contributed by atoms with E-state index in [1.165, 1.54) is 17.5 Å². The monoisotopic (exact) mass is 356 g/mol. The second kappa shape index (κ2) is 5.68. The van der Waals surface area contributed by atoms with Crippen LogP contribution in [0, 0.1) is 17.0 Å². The van der Waals surface area contributed by atoms with Crippen LogP contribution in [0.3, 0.4) is 0 Å². The summed E-state index contributed by atoms with van der Waals surface area (Å²) in [6.07, 6.45) is 1.37. The number of hydrogen-bond donors (Lipinski definition) is 0. The molecule has 0 amide bonds. The summed E-state index contributed by atoms with van der Waals surface area (Å²) in [5.41, 5.74) is -1.35. The summed E-state index contributed by atoms with van der Waals surface area (Å²) in [7, 11) is 0. The number of ketones is 1. The van der Waals surface area contributed by atoms with Crippen LogP contribution in [-0.4, -0.2) is 15.3 Å². The molecule has 6 nitrogen and oxygen atoms in total. The van der Waals surface area contributed by atoms with Gasteiger partial charge < -0.3 is 4.57 Å². The summed E-state index contributed by atoms with van der Waals surface area (Å²) >= 11 is 4.42. The molecule has 0 aliphatic heterocycles. The maximum absolute atomic E-state index is 12.0. The maximum Gasteiger partial charge on any atom is 0.335 e. The normalized spacial score (nSPS) is 10.5. The molecule has 0 radical (unpaired) electrons. The topological polar surface area (TPSA) is 82.2 Å². The van der Waals surface area contributed by atoms with Crippen molar-refractivity contribution < 1.29 is 9.72 Å². The first-order valence-corrected chi connectivity index (χ1v) is 7.13. The SMILES string of the molecule is Cc1ccc(C(=O)Cn2cc(Br)cc([N+](=O)[O-])c2=O)s1. The van der Waals surface area contributed by atoms with E-state index in [0.717, 1.165) is 15.5 Å². The van der Waals surface area contributed by atoms with E-state index in [1.54, 1.807) is 6.07 Å². The second-order valence-electron chi connectivity index (χ2n) is 4.07. The average molecular weight is 357 g/mol. The maximum atomic E-state index is 12.0. The van der Waals surface area contributed by atoms with Crippen LogP contribution in [0.5, 0.6) is 0 Å². The largest absolute Gasteiger partial charge is 0.335 e. The Balaban J connectivity index is 2.37. The van der Waals surface area contributed by atoms with E-state index in [4.69, 9.17) is 0 Å². The van der Waals surface area contributed by atoms with Gasteiger partial charge in [0.2, 0.25) is 0 Å². The highest BCUT2D eigenvalue weighted by Crippen LogP contribution is 2.17. The zero-order valence-corrected chi connectivity index (χ0v) is 12.7. The van der Waals surface area contributed by atoms with Gasteiger partial charge in [-0.1, -0.05) is 0 Å². The fourth-order valence-electron chi connectivity index (χ4n) is 1.65. The molecule has 8 heteroatoms. The molecule has 0 saturated heterocycles. The Morgan fingerprint density at radius 2 is 2.20 bits per heavy atom. The highest BCUT2D eigenvalue weighted by molar-refractivity contribution is 9.10. The van der Waals surface area contributed by atoms with E-state index < -0.39 is 16.2 Å². The molecule has 0 aromatic carbocycles. The fraction of sp³-hybridized carbons (Fsp3) is 0.167. The van der Waals surface area contributed by atoms with Gasteiger partial charge in [-0.25, -0.2) is 0 Å². The standard InChI is InChI=1S/C12H9BrN2O4S/c1-7-2-3-11(20-7)10(16)6-14-5-8(13)4-9(12(14)17)15(18)19/h2-5H,6H2,1H3. The van der Waals surface area contributed by atoms with Gasteiger partial charge in [-0.3, -0.25) is 19.7 Å². The van der Waals surface area contributed by atoms with E-state index in [-0.39, 0.29) is 12.3 Å². The first-order chi connectivity index (χ1) is 9.38. The quantitative estimate of drug-likeness (QED) is 0.479. The third-order valence-corrected chi connectivity index (χ3v) is 4.03. The molecule has 0 aliphatic rings. The molecule has 2 rings (SSSR count). The van der Waals surface area contributed by atoms with E-state index in [2.05, 4.69) is 15.9 Å². The van der Waals surface area contributed by atoms with Crippen molar-refractivity contribution in [1.82, 2.24) is 4.57 Å². The van der Waals surface area contributed by atoms with Gasteiger partial charge in [0.25, 0.3) is 0 Å². The molecule has 0 unspecified atom stereocenters. The molecular weight excluding hydrogens is 348 g/mol. The fourth-order valence-corrected chi connectivity index (χ4v) is 2.91. The minimum Gasteiger partial charge on any atom is -0.301 e. The highest BCUT2D eigenvalue weighted by Gasteiger charge is 2.18. The lowest BCUT2D eigenvalue weighted by atomic mass is 10.3. The number of carbonyl (C=O) groups excluding carboxylic acids is 1. The van der Waals surface area contributed by atoms with Crippen LogP contribution in [-0.2, 0) is 6.54 Å². The lowest BCUT2D eigenvalue weighted by Crippen LogP contribution is -2.25. The van der Waals surface area contributed by atoms with E-state index in [1.807, 2.05) is 13.0 Å². The van der Waals surface area contributed by atoms with Crippen molar-refractivity contribution in [2.45, 2.75) is 13.5 Å². The number of carbonyl (C=O) groups is 1. The third kappa shape index (κ3) is 3.02. The summed E-state index contributed by atoms with van der Waals surface area (Å²) in [6, 6.07) is 4.61. The van der Waals surface area contributed by atoms with E-state index >= 15 is 0 Å². The van der Waals surface area contributed by atoms with Crippen LogP contribution < -0.4 is 5.56 Å². The Kier molecular flexibility index (Phi) is 4.15. The van der Waals surface area contributed by atoms with Crippen molar-refractivity contribution >= 4 is 38.7 Å². The highest BCUT2D eigenvalue weighted by atomic mass is 79.9. The van der Waals surface area contributed by atoms with Crippen molar-refractivity contribution in [3.63, 3.8) is 0 Å². The molecule has 0 saturated carbocycles. The van der Waals surface area contributed by atoms with E-state index in [9.17, 15) is 19.7 Å². The van der Waals surface area contributed by atoms with Gasteiger partial charge in [-0.15, -0.1) is 11.3 Å². The Bertz CT molecular complexity index is 750. The number of nitrogens with zero attached hydrogens (tertiary/aromatic N) is 2. The third-order valence-electron chi connectivity index (χ3n) is 2.56. The van der Waals surface area contributed by atoms with Crippen LogP contribution in [0.1, 0.15) is 14.5 Å². The van der Waals surface area contributed by atoms with Crippen LogP contribution in [0.15, 0.2) is 33.7 Å². The minimum absolute atomic E-state index is 0.223. The molecular formula is C12H9BrN2O4S. The predicted molar refractivity (Wildman–Crippen MR) is 78.4 cm³/mol. The first-order valence-electron chi connectivity index (χ1n) is 5.52. The van der Waals surface area contributed by atoms with Crippen molar-refractivity contribution in [2.75, 3.05) is 0 Å². The van der Waals surface area contributed by atoms with Crippen LogP contribution in [0.25, 0.3) is 0 Å². The summed E-state index contributed by atoms with van der Waals surface area (Å²) in [4.78, 5) is 35.4. The van der Waals surface area contributed by atoms with Gasteiger partial charge in [0.15, 0.2) is 5.78 Å².